The van der Waals surface area contributed by atoms with Gasteiger partial charge in [0.25, 0.3) is 0 Å². The van der Waals surface area contributed by atoms with Crippen LogP contribution in [0.4, 0.5) is 28.4 Å². The third-order valence-corrected chi connectivity index (χ3v) is 21.3. The summed E-state index contributed by atoms with van der Waals surface area (Å²) < 4.78 is 10.1. The van der Waals surface area contributed by atoms with Crippen LogP contribution in [-0.2, 0) is 32.5 Å². The van der Waals surface area contributed by atoms with Crippen LogP contribution in [0.1, 0.15) is 155 Å². The largest absolute Gasteiger partial charge is 0.455 e. The topological polar surface area (TPSA) is 19.6 Å². The van der Waals surface area contributed by atoms with Gasteiger partial charge in [-0.1, -0.05) is 169 Å². The Labute approximate surface area is 466 Å². The monoisotopic (exact) mass is 1030 g/mol. The van der Waals surface area contributed by atoms with Crippen molar-refractivity contribution >= 4 is 88.9 Å². The molecule has 2 aromatic heterocycles. The maximum atomic E-state index is 7.36. The molecule has 0 amide bonds. The lowest BCUT2D eigenvalue weighted by molar-refractivity contribution is 0.331. The molecule has 0 atom stereocenters. The zero-order valence-corrected chi connectivity index (χ0v) is 48.8. The highest BCUT2D eigenvalue weighted by atomic mass is 32.1. The summed E-state index contributed by atoms with van der Waals surface area (Å²) in [7, 11) is 0. The van der Waals surface area contributed by atoms with E-state index in [0.29, 0.717) is 0 Å². The molecule has 0 saturated heterocycles. The summed E-state index contributed by atoms with van der Waals surface area (Å²) in [6.45, 7) is 31.6. The summed E-state index contributed by atoms with van der Waals surface area (Å²) in [5, 5.41) is 3.65. The third-order valence-electron chi connectivity index (χ3n) is 20.1. The Morgan fingerprint density at radius 1 is 0.487 bits per heavy atom. The predicted octanol–water partition coefficient (Wildman–Crippen LogP) is 19.5. The van der Waals surface area contributed by atoms with Gasteiger partial charge >= 0.3 is 6.85 Å². The molecule has 15 rings (SSSR count). The van der Waals surface area contributed by atoms with Crippen molar-refractivity contribution in [2.45, 2.75) is 148 Å². The molecule has 0 bridgehead atoms. The van der Waals surface area contributed by atoms with Crippen LogP contribution in [0.15, 0.2) is 150 Å². The van der Waals surface area contributed by atoms with Gasteiger partial charge in [-0.3, -0.25) is 0 Å². The van der Waals surface area contributed by atoms with Gasteiger partial charge in [0, 0.05) is 64.9 Å². The van der Waals surface area contributed by atoms with Gasteiger partial charge in [-0.2, -0.15) is 0 Å². The van der Waals surface area contributed by atoms with Crippen molar-refractivity contribution in [3.05, 3.63) is 185 Å². The Morgan fingerprint density at radius 2 is 1.05 bits per heavy atom. The first-order valence-electron chi connectivity index (χ1n) is 28.9. The predicted molar refractivity (Wildman–Crippen MR) is 335 cm³/mol. The molecule has 0 unspecified atom stereocenters. The molecule has 0 radical (unpaired) electrons. The molecular weight excluding hydrogens is 964 g/mol. The molecule has 3 aliphatic carbocycles. The van der Waals surface area contributed by atoms with E-state index >= 15 is 0 Å². The third kappa shape index (κ3) is 6.63. The highest BCUT2D eigenvalue weighted by Gasteiger charge is 2.51. The Bertz CT molecular complexity index is 4210. The number of rotatable bonds is 3. The molecule has 78 heavy (non-hydrogen) atoms. The van der Waals surface area contributed by atoms with Crippen molar-refractivity contribution in [1.82, 2.24) is 0 Å². The van der Waals surface area contributed by atoms with Gasteiger partial charge in [0.1, 0.15) is 11.2 Å². The van der Waals surface area contributed by atoms with Crippen LogP contribution in [0.3, 0.4) is 0 Å². The van der Waals surface area contributed by atoms with Gasteiger partial charge < -0.3 is 14.1 Å². The van der Waals surface area contributed by atoms with E-state index in [9.17, 15) is 0 Å². The van der Waals surface area contributed by atoms with Crippen LogP contribution in [0.2, 0.25) is 0 Å². The van der Waals surface area contributed by atoms with Gasteiger partial charge in [0.05, 0.1) is 5.69 Å². The SMILES string of the molecule is CC(C)(C)c1ccc(N2c3cc4c(oc5ccccc54)c4c3B(c3sc5cc6c(cc5c32)C(C)(C)CCC6(C)C)N(c2ccc(-c3ccccc3)cc2)c2cc3c(cc2-4)-c2cc4c(cc2C3(C)C)C(C)(C)CCC4(C)C)cc1. The minimum absolute atomic E-state index is 0.00989. The number of anilines is 5. The van der Waals surface area contributed by atoms with Crippen LogP contribution >= 0.6 is 11.3 Å². The molecule has 0 saturated carbocycles. The number of furan rings is 1. The molecule has 4 heterocycles. The minimum Gasteiger partial charge on any atom is -0.455 e. The summed E-state index contributed by atoms with van der Waals surface area (Å²) >= 11 is 2.02. The summed E-state index contributed by atoms with van der Waals surface area (Å²) in [5.74, 6) is 0. The van der Waals surface area contributed by atoms with Crippen LogP contribution in [0.5, 0.6) is 0 Å². The smallest absolute Gasteiger partial charge is 0.343 e. The zero-order chi connectivity index (χ0) is 54.0. The number of fused-ring (bicyclic) bond motifs is 15. The van der Waals surface area contributed by atoms with Crippen molar-refractivity contribution < 1.29 is 4.42 Å². The summed E-state index contributed by atoms with van der Waals surface area (Å²) in [6, 6.07) is 56.9. The summed E-state index contributed by atoms with van der Waals surface area (Å²) in [6.07, 6.45) is 4.70. The van der Waals surface area contributed by atoms with E-state index in [1.54, 1.807) is 0 Å². The lowest BCUT2D eigenvalue weighted by Crippen LogP contribution is -2.60. The highest BCUT2D eigenvalue weighted by molar-refractivity contribution is 7.32. The van der Waals surface area contributed by atoms with Crippen molar-refractivity contribution in [2.75, 3.05) is 9.71 Å². The molecule has 0 N–H and O–H groups in total. The first-order chi connectivity index (χ1) is 37.0. The van der Waals surface area contributed by atoms with Crippen molar-refractivity contribution in [3.63, 3.8) is 0 Å². The molecule has 10 aromatic rings. The molecular formula is C73H71BN2OS. The summed E-state index contributed by atoms with van der Waals surface area (Å²) in [5.41, 5.74) is 27.2. The van der Waals surface area contributed by atoms with Gasteiger partial charge in [-0.15, -0.1) is 11.3 Å². The van der Waals surface area contributed by atoms with Crippen LogP contribution in [-0.4, -0.2) is 6.85 Å². The Kier molecular flexibility index (Phi) is 9.74. The molecule has 5 heteroatoms. The zero-order valence-electron chi connectivity index (χ0n) is 48.0. The number of para-hydroxylation sites is 1. The number of hydrogen-bond acceptors (Lipinski definition) is 4. The fourth-order valence-electron chi connectivity index (χ4n) is 15.1. The Morgan fingerprint density at radius 3 is 1.72 bits per heavy atom. The van der Waals surface area contributed by atoms with E-state index in [1.807, 2.05) is 11.3 Å². The minimum atomic E-state index is -0.240. The first kappa shape index (κ1) is 48.3. The first-order valence-corrected chi connectivity index (χ1v) is 29.7. The van der Waals surface area contributed by atoms with Gasteiger partial charge in [-0.25, -0.2) is 0 Å². The van der Waals surface area contributed by atoms with Gasteiger partial charge in [0.15, 0.2) is 0 Å². The molecule has 388 valence electrons. The van der Waals surface area contributed by atoms with E-state index in [0.717, 1.165) is 28.4 Å². The molecule has 0 fully saturated rings. The standard InChI is InChI=1S/C73H71BN2OS/c1-68(2,3)44-25-29-45(30-26-44)75-60-38-50-47-21-17-18-22-61(47)77-66(50)63-51-35-48-49-36-55-57(71(8,9)33-31-69(55,4)5)39-53(49)73(12,13)54(48)40-59(51)76(46-27-23-43(24-28-46)42-19-15-14-16-20-42)74(64(60)63)67-65(75)52-37-56-58(41-62(52)78-67)72(10,11)34-32-70(56,6)7/h14-30,35-41H,31-34H2,1-13H3. The van der Waals surface area contributed by atoms with Crippen LogP contribution < -0.4 is 20.0 Å². The average Bonchev–Trinajstić information content (AvgIpc) is 2.42. The van der Waals surface area contributed by atoms with Crippen LogP contribution in [0, 0.1) is 0 Å². The van der Waals surface area contributed by atoms with E-state index in [2.05, 4.69) is 245 Å². The molecule has 3 nitrogen and oxygen atoms in total. The Hall–Kier alpha value is -6.82. The molecule has 0 spiro atoms. The van der Waals surface area contributed by atoms with Gasteiger partial charge in [0.2, 0.25) is 0 Å². The van der Waals surface area contributed by atoms with Crippen molar-refractivity contribution in [1.29, 1.82) is 0 Å². The maximum absolute atomic E-state index is 7.36. The molecule has 5 aliphatic rings. The molecule has 8 aromatic carbocycles. The van der Waals surface area contributed by atoms with Crippen LogP contribution in [0.25, 0.3) is 65.4 Å². The fourth-order valence-corrected chi connectivity index (χ4v) is 16.5. The second-order valence-electron chi connectivity index (χ2n) is 28.2. The van der Waals surface area contributed by atoms with E-state index < -0.39 is 0 Å². The number of benzene rings is 8. The van der Waals surface area contributed by atoms with E-state index in [-0.39, 0.29) is 39.3 Å². The lowest BCUT2D eigenvalue weighted by atomic mass is 9.46. The number of thiophene rings is 1. The summed E-state index contributed by atoms with van der Waals surface area (Å²) in [4.78, 5) is 5.43. The highest BCUT2D eigenvalue weighted by Crippen LogP contribution is 2.60. The lowest BCUT2D eigenvalue weighted by Gasteiger charge is -2.45. The Balaban J connectivity index is 1.09. The van der Waals surface area contributed by atoms with Crippen molar-refractivity contribution in [3.8, 4) is 33.4 Å². The second-order valence-corrected chi connectivity index (χ2v) is 29.3. The quantitative estimate of drug-likeness (QED) is 0.164. The maximum Gasteiger partial charge on any atom is 0.343 e. The average molecular weight is 1040 g/mol. The molecule has 2 aliphatic heterocycles. The number of nitrogens with zero attached hydrogens (tertiary/aromatic N) is 2. The number of hydrogen-bond donors (Lipinski definition) is 0. The fraction of sp³-hybridized carbons (Fsp3) is 0.315. The second kappa shape index (κ2) is 15.7. The van der Waals surface area contributed by atoms with E-state index in [1.165, 1.54) is 140 Å². The van der Waals surface area contributed by atoms with E-state index in [4.69, 9.17) is 4.42 Å². The van der Waals surface area contributed by atoms with Gasteiger partial charge in [-0.05, 0) is 186 Å². The van der Waals surface area contributed by atoms with Crippen molar-refractivity contribution in [2.24, 2.45) is 0 Å². The normalized spacial score (nSPS) is 18.6.